The predicted octanol–water partition coefficient (Wildman–Crippen LogP) is -0.530. The van der Waals surface area contributed by atoms with E-state index in [-0.39, 0.29) is 0 Å². The smallest absolute Gasteiger partial charge is 0.423 e. The molecule has 0 aliphatic rings. The highest BCUT2D eigenvalue weighted by molar-refractivity contribution is 7.93. The van der Waals surface area contributed by atoms with Crippen molar-refractivity contribution < 1.29 is 31.6 Å². The highest BCUT2D eigenvalue weighted by Gasteiger charge is 2.26. The zero-order valence-corrected chi connectivity index (χ0v) is 8.96. The molecule has 94 valence electrons. The van der Waals surface area contributed by atoms with Crippen LogP contribution in [0.1, 0.15) is 0 Å². The van der Waals surface area contributed by atoms with Crippen LogP contribution in [0.3, 0.4) is 0 Å². The maximum Gasteiger partial charge on any atom is 0.490 e. The van der Waals surface area contributed by atoms with Gasteiger partial charge in [0.1, 0.15) is 5.82 Å². The molecule has 0 aliphatic carbocycles. The van der Waals surface area contributed by atoms with E-state index in [0.717, 1.165) is 12.1 Å². The molecule has 0 radical (unpaired) electrons. The molecular weight excluding hydrogens is 262 g/mol. The van der Waals surface area contributed by atoms with Crippen LogP contribution in [0.25, 0.3) is 0 Å². The van der Waals surface area contributed by atoms with E-state index >= 15 is 0 Å². The van der Waals surface area contributed by atoms with E-state index in [9.17, 15) is 21.6 Å². The minimum absolute atomic E-state index is 0.526. The fraction of sp³-hybridized carbons (Fsp3) is 0.143. The molecule has 0 bridgehead atoms. The van der Waals surface area contributed by atoms with Gasteiger partial charge in [0.25, 0.3) is 10.0 Å². The van der Waals surface area contributed by atoms with Crippen molar-refractivity contribution in [3.63, 3.8) is 0 Å². The minimum atomic E-state index is -4.95. The summed E-state index contributed by atoms with van der Waals surface area (Å²) >= 11 is 0. The highest BCUT2D eigenvalue weighted by Crippen LogP contribution is 2.13. The van der Waals surface area contributed by atoms with Gasteiger partial charge >= 0.3 is 12.9 Å². The Morgan fingerprint density at radius 2 is 1.88 bits per heavy atom. The van der Waals surface area contributed by atoms with Crippen LogP contribution in [0.15, 0.2) is 18.2 Å². The molecule has 0 atom stereocenters. The third-order valence-corrected chi connectivity index (χ3v) is 2.75. The summed E-state index contributed by atoms with van der Waals surface area (Å²) in [5.41, 5.74) is -1.09. The van der Waals surface area contributed by atoms with Gasteiger partial charge in [-0.1, -0.05) is 0 Å². The van der Waals surface area contributed by atoms with E-state index in [4.69, 9.17) is 10.0 Å². The number of sulfonamides is 1. The molecule has 1 rings (SSSR count). The Morgan fingerprint density at radius 3 is 2.35 bits per heavy atom. The molecule has 0 amide bonds. The number of nitrogens with one attached hydrogen (secondary N) is 1. The normalized spacial score (nSPS) is 11.6. The highest BCUT2D eigenvalue weighted by atomic mass is 32.2. The van der Waals surface area contributed by atoms with Crippen molar-refractivity contribution in [1.82, 2.24) is 0 Å². The van der Waals surface area contributed by atoms with Gasteiger partial charge in [-0.05, 0) is 18.2 Å². The van der Waals surface area contributed by atoms with E-state index in [0.29, 0.717) is 6.07 Å². The van der Waals surface area contributed by atoms with E-state index in [1.807, 2.05) is 0 Å². The van der Waals surface area contributed by atoms with Gasteiger partial charge in [-0.15, -0.1) is 0 Å². The lowest BCUT2D eigenvalue weighted by Gasteiger charge is -2.11. The number of hydrogen-bond acceptors (Lipinski definition) is 4. The van der Waals surface area contributed by atoms with E-state index in [1.54, 1.807) is 0 Å². The first kappa shape index (κ1) is 13.8. The van der Waals surface area contributed by atoms with Gasteiger partial charge in [-0.3, -0.25) is 4.72 Å². The van der Waals surface area contributed by atoms with Crippen molar-refractivity contribution in [3.05, 3.63) is 24.0 Å². The average Bonchev–Trinajstić information content (AvgIpc) is 2.19. The number of alkyl halides is 2. The van der Waals surface area contributed by atoms with Crippen LogP contribution in [0, 0.1) is 5.82 Å². The summed E-state index contributed by atoms with van der Waals surface area (Å²) < 4.78 is 60.0. The molecule has 1 aromatic carbocycles. The van der Waals surface area contributed by atoms with Crippen LogP contribution in [0.4, 0.5) is 18.9 Å². The van der Waals surface area contributed by atoms with Crippen molar-refractivity contribution in [2.45, 2.75) is 5.76 Å². The zero-order chi connectivity index (χ0) is 13.2. The maximum absolute atomic E-state index is 12.8. The van der Waals surface area contributed by atoms with Gasteiger partial charge in [0.05, 0.1) is 0 Å². The molecule has 0 saturated carbocycles. The zero-order valence-electron chi connectivity index (χ0n) is 8.14. The lowest BCUT2D eigenvalue weighted by Crippen LogP contribution is -2.35. The first-order valence-electron chi connectivity index (χ1n) is 4.19. The lowest BCUT2D eigenvalue weighted by atomic mass is 9.79. The Balaban J connectivity index is 3.16. The van der Waals surface area contributed by atoms with Crippen molar-refractivity contribution in [2.75, 3.05) is 4.72 Å². The second-order valence-electron chi connectivity index (χ2n) is 3.01. The Kier molecular flexibility index (Phi) is 4.01. The topological polar surface area (TPSA) is 86.6 Å². The van der Waals surface area contributed by atoms with Crippen LogP contribution in [-0.2, 0) is 10.0 Å². The average molecular weight is 269 g/mol. The molecule has 0 aromatic heterocycles. The Morgan fingerprint density at radius 1 is 1.29 bits per heavy atom. The third kappa shape index (κ3) is 3.35. The monoisotopic (exact) mass is 269 g/mol. The Bertz CT molecular complexity index is 508. The largest absolute Gasteiger partial charge is 0.490 e. The molecule has 10 heteroatoms. The Labute approximate surface area is 95.1 Å². The predicted molar refractivity (Wildman–Crippen MR) is 54.8 cm³/mol. The van der Waals surface area contributed by atoms with Gasteiger partial charge < -0.3 is 10.0 Å². The summed E-state index contributed by atoms with van der Waals surface area (Å²) in [6.07, 6.45) is 0. The molecule has 0 heterocycles. The molecule has 0 aliphatic heterocycles. The van der Waals surface area contributed by atoms with Crippen molar-refractivity contribution >= 4 is 28.3 Å². The maximum atomic E-state index is 12.8. The second kappa shape index (κ2) is 4.94. The first-order chi connectivity index (χ1) is 7.74. The van der Waals surface area contributed by atoms with E-state index in [2.05, 4.69) is 0 Å². The molecule has 3 N–H and O–H groups in total. The quantitative estimate of drug-likeness (QED) is 0.641. The van der Waals surface area contributed by atoms with Crippen LogP contribution >= 0.6 is 0 Å². The molecule has 17 heavy (non-hydrogen) atoms. The molecule has 0 fully saturated rings. The molecule has 1 aromatic rings. The molecule has 5 nitrogen and oxygen atoms in total. The van der Waals surface area contributed by atoms with E-state index < -0.39 is 39.9 Å². The minimum Gasteiger partial charge on any atom is -0.423 e. The van der Waals surface area contributed by atoms with Crippen LogP contribution in [-0.4, -0.2) is 31.3 Å². The lowest BCUT2D eigenvalue weighted by molar-refractivity contribution is 0.236. The van der Waals surface area contributed by atoms with Crippen molar-refractivity contribution in [3.8, 4) is 0 Å². The number of hydrogen-bond donors (Lipinski definition) is 3. The van der Waals surface area contributed by atoms with Gasteiger partial charge in [0, 0.05) is 11.2 Å². The molecule has 0 spiro atoms. The standard InChI is InChI=1S/C7H7BF3NO4S/c9-4-1-2-6(5(3-4)8(13)14)12-17(15,16)7(10)11/h1-3,7,12-14H. The van der Waals surface area contributed by atoms with Gasteiger partial charge in [0.15, 0.2) is 0 Å². The summed E-state index contributed by atoms with van der Waals surface area (Å²) in [5, 5.41) is 17.7. The fourth-order valence-electron chi connectivity index (χ4n) is 1.04. The molecule has 0 unspecified atom stereocenters. The summed E-state index contributed by atoms with van der Waals surface area (Å²) in [6, 6.07) is 2.22. The molecule has 0 saturated heterocycles. The first-order valence-corrected chi connectivity index (χ1v) is 5.74. The third-order valence-electron chi connectivity index (χ3n) is 1.78. The van der Waals surface area contributed by atoms with Gasteiger partial charge in [-0.25, -0.2) is 12.8 Å². The fourth-order valence-corrected chi connectivity index (χ4v) is 1.62. The Hall–Kier alpha value is -1.26. The summed E-state index contributed by atoms with van der Waals surface area (Å²) in [7, 11) is -7.14. The van der Waals surface area contributed by atoms with Crippen molar-refractivity contribution in [2.24, 2.45) is 0 Å². The second-order valence-corrected chi connectivity index (χ2v) is 4.66. The summed E-state index contributed by atoms with van der Waals surface area (Å²) in [4.78, 5) is 0. The number of rotatable bonds is 4. The van der Waals surface area contributed by atoms with Crippen LogP contribution in [0.5, 0.6) is 0 Å². The van der Waals surface area contributed by atoms with E-state index in [1.165, 1.54) is 4.72 Å². The number of halogens is 3. The van der Waals surface area contributed by atoms with Crippen LogP contribution in [0.2, 0.25) is 0 Å². The SMILES string of the molecule is O=S(=O)(Nc1ccc(F)cc1B(O)O)C(F)F. The molecular formula is C7H7BF3NO4S. The number of benzene rings is 1. The van der Waals surface area contributed by atoms with Gasteiger partial charge in [0.2, 0.25) is 0 Å². The van der Waals surface area contributed by atoms with Crippen molar-refractivity contribution in [1.29, 1.82) is 0 Å². The van der Waals surface area contributed by atoms with Crippen LogP contribution < -0.4 is 10.2 Å². The van der Waals surface area contributed by atoms with Gasteiger partial charge in [-0.2, -0.15) is 8.78 Å². The number of anilines is 1. The summed E-state index contributed by atoms with van der Waals surface area (Å²) in [6.45, 7) is 0. The summed E-state index contributed by atoms with van der Waals surface area (Å²) in [5.74, 6) is -4.55.